The van der Waals surface area contributed by atoms with Crippen LogP contribution in [-0.4, -0.2) is 30.3 Å². The molecule has 2 rings (SSSR count). The zero-order valence-corrected chi connectivity index (χ0v) is 18.7. The maximum absolute atomic E-state index is 12.2. The monoisotopic (exact) mass is 522 g/mol. The van der Waals surface area contributed by atoms with Gasteiger partial charge in [-0.05, 0) is 48.5 Å². The SMILES string of the molecule is CCN(CC)Cc1ccc(CN=C(N)Nc2ccc(OC(F)(F)F)cc2)cc1.I. The molecule has 0 radical (unpaired) electrons. The topological polar surface area (TPSA) is 62.9 Å². The highest BCUT2D eigenvalue weighted by molar-refractivity contribution is 14.0. The van der Waals surface area contributed by atoms with Crippen molar-refractivity contribution in [2.75, 3.05) is 18.4 Å². The van der Waals surface area contributed by atoms with Crippen LogP contribution in [0.2, 0.25) is 0 Å². The van der Waals surface area contributed by atoms with Gasteiger partial charge in [-0.2, -0.15) is 0 Å². The van der Waals surface area contributed by atoms with Crippen molar-refractivity contribution in [3.63, 3.8) is 0 Å². The lowest BCUT2D eigenvalue weighted by Gasteiger charge is -2.17. The number of rotatable bonds is 8. The van der Waals surface area contributed by atoms with Gasteiger partial charge >= 0.3 is 6.36 Å². The summed E-state index contributed by atoms with van der Waals surface area (Å²) in [5, 5.41) is 2.84. The summed E-state index contributed by atoms with van der Waals surface area (Å²) < 4.78 is 40.3. The van der Waals surface area contributed by atoms with E-state index >= 15 is 0 Å². The number of benzene rings is 2. The molecule has 5 nitrogen and oxygen atoms in total. The van der Waals surface area contributed by atoms with Crippen LogP contribution in [0.15, 0.2) is 53.5 Å². The minimum absolute atomic E-state index is 0. The van der Waals surface area contributed by atoms with E-state index in [1.807, 2.05) is 12.1 Å². The smallest absolute Gasteiger partial charge is 0.406 e. The lowest BCUT2D eigenvalue weighted by Crippen LogP contribution is -2.22. The van der Waals surface area contributed by atoms with Gasteiger partial charge in [0.1, 0.15) is 5.75 Å². The summed E-state index contributed by atoms with van der Waals surface area (Å²) in [6.07, 6.45) is -4.71. The van der Waals surface area contributed by atoms with Crippen molar-refractivity contribution in [3.05, 3.63) is 59.7 Å². The molecule has 0 aliphatic carbocycles. The predicted molar refractivity (Wildman–Crippen MR) is 121 cm³/mol. The summed E-state index contributed by atoms with van der Waals surface area (Å²) in [6, 6.07) is 13.5. The molecule has 3 N–H and O–H groups in total. The molecule has 0 amide bonds. The third kappa shape index (κ3) is 9.35. The van der Waals surface area contributed by atoms with Gasteiger partial charge < -0.3 is 15.8 Å². The predicted octanol–water partition coefficient (Wildman–Crippen LogP) is 4.97. The molecule has 0 atom stereocenters. The summed E-state index contributed by atoms with van der Waals surface area (Å²) >= 11 is 0. The molecule has 0 saturated carbocycles. The number of hydrogen-bond acceptors (Lipinski definition) is 3. The average molecular weight is 522 g/mol. The fraction of sp³-hybridized carbons (Fsp3) is 0.350. The van der Waals surface area contributed by atoms with Gasteiger partial charge in [0.25, 0.3) is 0 Å². The molecule has 0 fully saturated rings. The van der Waals surface area contributed by atoms with Crippen LogP contribution in [0.3, 0.4) is 0 Å². The first-order chi connectivity index (χ1) is 13.3. The largest absolute Gasteiger partial charge is 0.573 e. The molecule has 0 saturated heterocycles. The second kappa shape index (κ2) is 11.9. The number of aliphatic imine (C=N–C) groups is 1. The maximum atomic E-state index is 12.2. The van der Waals surface area contributed by atoms with E-state index in [1.165, 1.54) is 29.8 Å². The molecule has 0 aromatic heterocycles. The molecule has 0 aliphatic heterocycles. The van der Waals surface area contributed by atoms with Crippen LogP contribution in [0.1, 0.15) is 25.0 Å². The fourth-order valence-corrected chi connectivity index (χ4v) is 2.56. The third-order valence-electron chi connectivity index (χ3n) is 4.12. The Morgan fingerprint density at radius 2 is 1.55 bits per heavy atom. The number of nitrogens with one attached hydrogen (secondary N) is 1. The van der Waals surface area contributed by atoms with Gasteiger partial charge in [-0.25, -0.2) is 4.99 Å². The van der Waals surface area contributed by atoms with Crippen LogP contribution >= 0.6 is 24.0 Å². The van der Waals surface area contributed by atoms with Gasteiger partial charge in [0, 0.05) is 12.2 Å². The third-order valence-corrected chi connectivity index (χ3v) is 4.12. The van der Waals surface area contributed by atoms with Crippen LogP contribution in [-0.2, 0) is 13.1 Å². The van der Waals surface area contributed by atoms with Crippen molar-refractivity contribution in [2.24, 2.45) is 10.7 Å². The van der Waals surface area contributed by atoms with Crippen molar-refractivity contribution in [1.29, 1.82) is 0 Å². The summed E-state index contributed by atoms with van der Waals surface area (Å²) in [5.74, 6) is -0.116. The molecule has 0 bridgehead atoms. The first-order valence-electron chi connectivity index (χ1n) is 9.02. The van der Waals surface area contributed by atoms with Gasteiger partial charge in [-0.3, -0.25) is 4.90 Å². The Labute approximate surface area is 186 Å². The number of ether oxygens (including phenoxy) is 1. The number of hydrogen-bond donors (Lipinski definition) is 2. The Kier molecular flexibility index (Phi) is 10.2. The summed E-state index contributed by atoms with van der Waals surface area (Å²) in [4.78, 5) is 6.59. The normalized spacial score (nSPS) is 11.9. The second-order valence-electron chi connectivity index (χ2n) is 6.18. The Balaban J connectivity index is 0.00000420. The van der Waals surface area contributed by atoms with E-state index in [1.54, 1.807) is 0 Å². The molecule has 9 heteroatoms. The van der Waals surface area contributed by atoms with Crippen LogP contribution in [0.25, 0.3) is 0 Å². The van der Waals surface area contributed by atoms with Crippen molar-refractivity contribution in [3.8, 4) is 5.75 Å². The molecule has 29 heavy (non-hydrogen) atoms. The number of alkyl halides is 3. The molecule has 0 aliphatic rings. The zero-order chi connectivity index (χ0) is 20.6. The fourth-order valence-electron chi connectivity index (χ4n) is 2.56. The zero-order valence-electron chi connectivity index (χ0n) is 16.4. The van der Waals surface area contributed by atoms with Crippen LogP contribution in [0.4, 0.5) is 18.9 Å². The lowest BCUT2D eigenvalue weighted by atomic mass is 10.1. The van der Waals surface area contributed by atoms with E-state index in [9.17, 15) is 13.2 Å². The molecule has 0 unspecified atom stereocenters. The summed E-state index contributed by atoms with van der Waals surface area (Å²) in [5.41, 5.74) is 8.62. The van der Waals surface area contributed by atoms with Gasteiger partial charge in [-0.1, -0.05) is 38.1 Å². The van der Waals surface area contributed by atoms with Crippen molar-refractivity contribution < 1.29 is 17.9 Å². The number of halogens is 4. The highest BCUT2D eigenvalue weighted by atomic mass is 127. The lowest BCUT2D eigenvalue weighted by molar-refractivity contribution is -0.274. The minimum Gasteiger partial charge on any atom is -0.406 e. The van der Waals surface area contributed by atoms with E-state index in [4.69, 9.17) is 5.73 Å². The first-order valence-corrected chi connectivity index (χ1v) is 9.02. The Morgan fingerprint density at radius 3 is 2.07 bits per heavy atom. The Bertz CT molecular complexity index is 761. The molecule has 160 valence electrons. The second-order valence-corrected chi connectivity index (χ2v) is 6.18. The van der Waals surface area contributed by atoms with Crippen molar-refractivity contribution in [2.45, 2.75) is 33.3 Å². The highest BCUT2D eigenvalue weighted by Crippen LogP contribution is 2.23. The van der Waals surface area contributed by atoms with E-state index in [-0.39, 0.29) is 35.7 Å². The minimum atomic E-state index is -4.71. The van der Waals surface area contributed by atoms with E-state index < -0.39 is 6.36 Å². The maximum Gasteiger partial charge on any atom is 0.573 e. The summed E-state index contributed by atoms with van der Waals surface area (Å²) in [7, 11) is 0. The van der Waals surface area contributed by atoms with Crippen LogP contribution in [0.5, 0.6) is 5.75 Å². The van der Waals surface area contributed by atoms with Gasteiger partial charge in [0.15, 0.2) is 5.96 Å². The van der Waals surface area contributed by atoms with Crippen LogP contribution < -0.4 is 15.8 Å². The highest BCUT2D eigenvalue weighted by Gasteiger charge is 2.30. The van der Waals surface area contributed by atoms with Gasteiger partial charge in [0.2, 0.25) is 0 Å². The molecular formula is C20H26F3IN4O. The molecule has 2 aromatic carbocycles. The number of nitrogens with two attached hydrogens (primary N) is 1. The molecule has 0 spiro atoms. The van der Waals surface area contributed by atoms with Crippen LogP contribution in [0, 0.1) is 0 Å². The summed E-state index contributed by atoms with van der Waals surface area (Å²) in [6.45, 7) is 7.61. The standard InChI is InChI=1S/C20H25F3N4O.HI/c1-3-27(4-2)14-16-7-5-15(6-8-16)13-25-19(24)26-17-9-11-18(12-10-17)28-20(21,22)23;/h5-12H,3-4,13-14H2,1-2H3,(H3,24,25,26);1H. The van der Waals surface area contributed by atoms with Gasteiger partial charge in [0.05, 0.1) is 6.54 Å². The van der Waals surface area contributed by atoms with Crippen molar-refractivity contribution in [1.82, 2.24) is 4.90 Å². The molecule has 2 aromatic rings. The average Bonchev–Trinajstić information content (AvgIpc) is 2.66. The van der Waals surface area contributed by atoms with E-state index in [0.717, 1.165) is 25.2 Å². The van der Waals surface area contributed by atoms with E-state index in [2.05, 4.69) is 45.9 Å². The van der Waals surface area contributed by atoms with Crippen molar-refractivity contribution >= 4 is 35.6 Å². The molecular weight excluding hydrogens is 496 g/mol. The number of anilines is 1. The first kappa shape index (κ1) is 25.0. The number of nitrogens with zero attached hydrogens (tertiary/aromatic N) is 2. The van der Waals surface area contributed by atoms with E-state index in [0.29, 0.717) is 12.2 Å². The number of guanidine groups is 1. The quantitative estimate of drug-likeness (QED) is 0.292. The Hall–Kier alpha value is -2.01. The Morgan fingerprint density at radius 1 is 1.00 bits per heavy atom. The van der Waals surface area contributed by atoms with Gasteiger partial charge in [-0.15, -0.1) is 37.1 Å². The molecule has 0 heterocycles.